The molecule has 57 heavy (non-hydrogen) atoms. The largest absolute Gasteiger partial charge is 0.744 e. The number of oxazole rings is 1. The van der Waals surface area contributed by atoms with E-state index in [0.29, 0.717) is 33.7 Å². The van der Waals surface area contributed by atoms with Crippen LogP contribution < -0.4 is 11.0 Å². The number of nitriles is 1. The number of hydrogen-bond donors (Lipinski definition) is 1. The van der Waals surface area contributed by atoms with Gasteiger partial charge in [-0.1, -0.05) is 38.1 Å². The highest BCUT2D eigenvalue weighted by Gasteiger charge is 2.33. The van der Waals surface area contributed by atoms with Crippen molar-refractivity contribution in [1.29, 1.82) is 5.26 Å². The van der Waals surface area contributed by atoms with Crippen molar-refractivity contribution >= 4 is 16.1 Å². The maximum absolute atomic E-state index is 14.2. The molecule has 0 saturated carbocycles. The maximum atomic E-state index is 14.2. The number of carbonyl (C=O) groups is 1. The Morgan fingerprint density at radius 3 is 2.23 bits per heavy atom. The SMILES string of the molecule is Cc1c(-c2ccnn2-c2ccc(C#N)cc2)n(C(=O)N[C@H](c2ncc(C[N+](C)(C)C)o2)C(C)C)c(=O)n1-c1cccc(C(F)(F)F)c1.O=S(=O)([O-])c1ccccc1. The summed E-state index contributed by atoms with van der Waals surface area (Å²) in [6.07, 6.45) is -1.58. The van der Waals surface area contributed by atoms with E-state index in [-0.39, 0.29) is 33.8 Å². The molecule has 6 aromatic rings. The molecule has 298 valence electrons. The van der Waals surface area contributed by atoms with Crippen molar-refractivity contribution in [3.63, 3.8) is 0 Å². The van der Waals surface area contributed by atoms with Gasteiger partial charge in [0.25, 0.3) is 0 Å². The third-order valence-corrected chi connectivity index (χ3v) is 9.34. The fourth-order valence-corrected chi connectivity index (χ4v) is 6.38. The number of halogens is 3. The highest BCUT2D eigenvalue weighted by Crippen LogP contribution is 2.32. The molecule has 0 radical (unpaired) electrons. The zero-order valence-corrected chi connectivity index (χ0v) is 32.5. The van der Waals surface area contributed by atoms with Crippen LogP contribution in [0.1, 0.15) is 48.4 Å². The molecule has 0 fully saturated rings. The highest BCUT2D eigenvalue weighted by atomic mass is 32.2. The lowest BCUT2D eigenvalue weighted by Gasteiger charge is -2.22. The fraction of sp³-hybridized carbons (Fsp3) is 0.256. The number of nitrogens with one attached hydrogen (secondary N) is 1. The van der Waals surface area contributed by atoms with Crippen molar-refractivity contribution in [3.05, 3.63) is 136 Å². The smallest absolute Gasteiger partial charge is 0.416 e. The van der Waals surface area contributed by atoms with Crippen molar-refractivity contribution < 1.29 is 39.8 Å². The lowest BCUT2D eigenvalue weighted by atomic mass is 10.0. The summed E-state index contributed by atoms with van der Waals surface area (Å²) in [5.74, 6) is 0.649. The third-order valence-electron chi connectivity index (χ3n) is 8.49. The van der Waals surface area contributed by atoms with Crippen molar-refractivity contribution in [2.75, 3.05) is 21.1 Å². The van der Waals surface area contributed by atoms with Gasteiger partial charge in [-0.3, -0.25) is 4.57 Å². The molecule has 0 bridgehead atoms. The molecule has 3 aromatic carbocycles. The summed E-state index contributed by atoms with van der Waals surface area (Å²) in [5, 5.41) is 16.5. The Morgan fingerprint density at radius 1 is 1.00 bits per heavy atom. The molecule has 1 N–H and O–H groups in total. The van der Waals surface area contributed by atoms with Gasteiger partial charge in [-0.25, -0.2) is 32.2 Å². The van der Waals surface area contributed by atoms with Crippen molar-refractivity contribution in [2.24, 2.45) is 5.92 Å². The lowest BCUT2D eigenvalue weighted by Crippen LogP contribution is -2.40. The van der Waals surface area contributed by atoms with E-state index in [1.807, 2.05) is 35.0 Å². The Hall–Kier alpha value is -6.29. The number of aromatic nitrogens is 5. The average Bonchev–Trinajstić information content (AvgIpc) is 3.87. The first-order valence-corrected chi connectivity index (χ1v) is 18.7. The van der Waals surface area contributed by atoms with Gasteiger partial charge in [-0.05, 0) is 73.5 Å². The molecule has 3 aromatic heterocycles. The average molecular weight is 805 g/mol. The summed E-state index contributed by atoms with van der Waals surface area (Å²) >= 11 is 0. The topological polar surface area (TPSA) is 181 Å². The monoisotopic (exact) mass is 804 g/mol. The van der Waals surface area contributed by atoms with Gasteiger partial charge in [0.1, 0.15) is 28.4 Å². The van der Waals surface area contributed by atoms with Crippen molar-refractivity contribution in [2.45, 2.75) is 44.4 Å². The Morgan fingerprint density at radius 2 is 1.67 bits per heavy atom. The van der Waals surface area contributed by atoms with E-state index in [1.165, 1.54) is 47.3 Å². The summed E-state index contributed by atoms with van der Waals surface area (Å²) in [6.45, 7) is 5.81. The van der Waals surface area contributed by atoms with E-state index >= 15 is 0 Å². The minimum atomic E-state index is -4.66. The number of quaternary nitrogens is 1. The molecule has 1 amide bonds. The van der Waals surface area contributed by atoms with Crippen LogP contribution in [-0.2, 0) is 22.8 Å². The van der Waals surface area contributed by atoms with Crippen LogP contribution in [0.2, 0.25) is 0 Å². The third kappa shape index (κ3) is 9.75. The molecule has 3 heterocycles. The summed E-state index contributed by atoms with van der Waals surface area (Å²) in [5.41, 5.74) is -0.348. The fourth-order valence-electron chi connectivity index (χ4n) is 5.89. The van der Waals surface area contributed by atoms with Crippen molar-refractivity contribution in [3.8, 4) is 28.8 Å². The Labute approximate surface area is 326 Å². The van der Waals surface area contributed by atoms with Gasteiger partial charge < -0.3 is 18.8 Å². The number of nitrogens with zero attached hydrogens (tertiary/aromatic N) is 7. The molecule has 0 unspecified atom stereocenters. The Bertz CT molecular complexity index is 2580. The molecule has 0 spiro atoms. The van der Waals surface area contributed by atoms with Crippen LogP contribution >= 0.6 is 0 Å². The van der Waals surface area contributed by atoms with E-state index < -0.39 is 39.6 Å². The van der Waals surface area contributed by atoms with Gasteiger partial charge in [-0.15, -0.1) is 0 Å². The first-order valence-electron chi connectivity index (χ1n) is 17.3. The van der Waals surface area contributed by atoms with Gasteiger partial charge in [0.15, 0.2) is 5.76 Å². The summed E-state index contributed by atoms with van der Waals surface area (Å²) < 4.78 is 81.9. The summed E-state index contributed by atoms with van der Waals surface area (Å²) in [6, 6.07) is 20.1. The number of hydrogen-bond acceptors (Lipinski definition) is 9. The second-order valence-electron chi connectivity index (χ2n) is 14.3. The van der Waals surface area contributed by atoms with Crippen LogP contribution in [0.5, 0.6) is 0 Å². The second-order valence-corrected chi connectivity index (χ2v) is 15.7. The van der Waals surface area contributed by atoms with Gasteiger partial charge in [0, 0.05) is 0 Å². The molecule has 18 heteroatoms. The zero-order valence-electron chi connectivity index (χ0n) is 31.7. The standard InChI is InChI=1S/C33H33F3N8O3.C6H6O3S/c1-20(2)28(30-38-18-26(47-30)19-44(4,5)6)40-31(45)42-29(27-14-15-39-43(27)24-12-10-22(17-37)11-13-24)21(3)41(32(42)46)25-9-7-8-23(16-25)33(34,35)36;7-10(8,9)6-4-2-1-3-5-6/h7-16,18,20,28H,19H2,1-6H3;1-5H,(H,7,8,9)/t28-;/m0./s1. The number of amides is 1. The molecule has 0 saturated heterocycles. The summed E-state index contributed by atoms with van der Waals surface area (Å²) in [4.78, 5) is 32.6. The predicted molar refractivity (Wildman–Crippen MR) is 201 cm³/mol. The van der Waals surface area contributed by atoms with Crippen LogP contribution in [-0.4, -0.2) is 68.5 Å². The maximum Gasteiger partial charge on any atom is 0.416 e. The number of rotatable bonds is 9. The summed E-state index contributed by atoms with van der Waals surface area (Å²) in [7, 11) is 1.74. The van der Waals surface area contributed by atoms with Gasteiger partial charge in [0.2, 0.25) is 5.89 Å². The molecular formula is C39H39F3N8O6S. The molecule has 0 aliphatic rings. The van der Waals surface area contributed by atoms with Crippen LogP contribution in [0.15, 0.2) is 111 Å². The number of benzene rings is 3. The van der Waals surface area contributed by atoms with Gasteiger partial charge in [0.05, 0.1) is 78.4 Å². The molecule has 0 aliphatic carbocycles. The molecule has 0 aliphatic heterocycles. The second kappa shape index (κ2) is 16.4. The number of imidazole rings is 1. The minimum Gasteiger partial charge on any atom is -0.744 e. The van der Waals surface area contributed by atoms with E-state index in [1.54, 1.807) is 49.5 Å². The molecule has 1 atom stereocenters. The van der Waals surface area contributed by atoms with E-state index in [4.69, 9.17) is 4.42 Å². The Kier molecular flexibility index (Phi) is 12.1. The molecular weight excluding hydrogens is 766 g/mol. The van der Waals surface area contributed by atoms with E-state index in [2.05, 4.69) is 21.5 Å². The number of carbonyl (C=O) groups excluding carboxylic acids is 1. The van der Waals surface area contributed by atoms with Crippen LogP contribution in [0.25, 0.3) is 22.8 Å². The van der Waals surface area contributed by atoms with Gasteiger partial charge in [-0.2, -0.15) is 23.5 Å². The quantitative estimate of drug-likeness (QED) is 0.127. The van der Waals surface area contributed by atoms with Crippen molar-refractivity contribution in [1.82, 2.24) is 29.2 Å². The predicted octanol–water partition coefficient (Wildman–Crippen LogP) is 6.43. The van der Waals surface area contributed by atoms with E-state index in [0.717, 1.165) is 21.3 Å². The van der Waals surface area contributed by atoms with Crippen LogP contribution in [0, 0.1) is 24.2 Å². The first kappa shape index (κ1) is 41.9. The lowest BCUT2D eigenvalue weighted by molar-refractivity contribution is -0.884. The number of alkyl halides is 3. The normalized spacial score (nSPS) is 12.5. The Balaban J connectivity index is 0.000000540. The first-order chi connectivity index (χ1) is 26.7. The van der Waals surface area contributed by atoms with E-state index in [9.17, 15) is 41.0 Å². The highest BCUT2D eigenvalue weighted by molar-refractivity contribution is 7.85. The van der Waals surface area contributed by atoms with Crippen LogP contribution in [0.4, 0.5) is 18.0 Å². The van der Waals surface area contributed by atoms with Crippen LogP contribution in [0.3, 0.4) is 0 Å². The molecule has 6 rings (SSSR count). The van der Waals surface area contributed by atoms with Gasteiger partial charge >= 0.3 is 17.9 Å². The zero-order chi connectivity index (χ0) is 41.9. The molecule has 14 nitrogen and oxygen atoms in total. The minimum absolute atomic E-state index is 0.0716.